The zero-order valence-corrected chi connectivity index (χ0v) is 12.8. The van der Waals surface area contributed by atoms with Crippen molar-refractivity contribution in [3.63, 3.8) is 0 Å². The fraction of sp³-hybridized carbons (Fsp3) is 0.733. The first-order valence-corrected chi connectivity index (χ1v) is 7.31. The van der Waals surface area contributed by atoms with Crippen LogP contribution in [0.15, 0.2) is 6.20 Å². The maximum atomic E-state index is 4.76. The van der Waals surface area contributed by atoms with E-state index in [2.05, 4.69) is 49.9 Å². The number of nitrogens with zero attached hydrogens (tertiary/aromatic N) is 3. The molecule has 1 N–H and O–H groups in total. The summed E-state index contributed by atoms with van der Waals surface area (Å²) in [4.78, 5) is 11.5. The smallest absolute Gasteiger partial charge is 0.131 e. The van der Waals surface area contributed by atoms with Crippen LogP contribution in [0.1, 0.15) is 58.0 Å². The third kappa shape index (κ3) is 3.66. The molecule has 2 rings (SSSR count). The van der Waals surface area contributed by atoms with Gasteiger partial charge in [-0.25, -0.2) is 9.97 Å². The van der Waals surface area contributed by atoms with Crippen LogP contribution < -0.4 is 10.2 Å². The minimum Gasteiger partial charge on any atom is -0.369 e. The molecule has 1 aromatic rings. The molecule has 4 nitrogen and oxygen atoms in total. The Hall–Kier alpha value is -1.16. The van der Waals surface area contributed by atoms with E-state index < -0.39 is 0 Å². The van der Waals surface area contributed by atoms with Gasteiger partial charge in [0.05, 0.1) is 17.6 Å². The Labute approximate surface area is 116 Å². The highest BCUT2D eigenvalue weighted by molar-refractivity contribution is 5.49. The lowest BCUT2D eigenvalue weighted by molar-refractivity contribution is 0.650. The Morgan fingerprint density at radius 1 is 1.32 bits per heavy atom. The van der Waals surface area contributed by atoms with Crippen molar-refractivity contribution in [2.75, 3.05) is 11.9 Å². The quantitative estimate of drug-likeness (QED) is 0.856. The maximum Gasteiger partial charge on any atom is 0.131 e. The largest absolute Gasteiger partial charge is 0.369 e. The van der Waals surface area contributed by atoms with Crippen molar-refractivity contribution in [2.45, 2.75) is 65.1 Å². The summed E-state index contributed by atoms with van der Waals surface area (Å²) in [5.41, 5.74) is 2.27. The lowest BCUT2D eigenvalue weighted by Crippen LogP contribution is -2.29. The van der Waals surface area contributed by atoms with E-state index in [1.807, 2.05) is 6.20 Å². The number of nitrogens with one attached hydrogen (secondary N) is 1. The van der Waals surface area contributed by atoms with Crippen LogP contribution in [-0.4, -0.2) is 29.1 Å². The van der Waals surface area contributed by atoms with Crippen LogP contribution in [0.4, 0.5) is 5.69 Å². The van der Waals surface area contributed by atoms with Gasteiger partial charge in [0.2, 0.25) is 0 Å². The molecule has 0 saturated heterocycles. The molecule has 4 heteroatoms. The summed E-state index contributed by atoms with van der Waals surface area (Å²) in [6.07, 6.45) is 4.58. The molecule has 0 atom stereocenters. The van der Waals surface area contributed by atoms with E-state index in [0.29, 0.717) is 18.0 Å². The first-order valence-electron chi connectivity index (χ1n) is 7.31. The second-order valence-electron chi connectivity index (χ2n) is 6.07. The summed E-state index contributed by atoms with van der Waals surface area (Å²) in [5.74, 6) is 1.31. The molecule has 1 aromatic heterocycles. The van der Waals surface area contributed by atoms with Gasteiger partial charge in [0.15, 0.2) is 0 Å². The molecule has 1 aliphatic rings. The molecule has 19 heavy (non-hydrogen) atoms. The molecule has 1 fully saturated rings. The van der Waals surface area contributed by atoms with Crippen molar-refractivity contribution in [1.29, 1.82) is 0 Å². The third-order valence-corrected chi connectivity index (χ3v) is 3.67. The number of hydrogen-bond acceptors (Lipinski definition) is 4. The lowest BCUT2D eigenvalue weighted by atomic mass is 10.2. The normalized spacial score (nSPS) is 15.3. The minimum atomic E-state index is 0.373. The zero-order chi connectivity index (χ0) is 14.0. The first-order chi connectivity index (χ1) is 8.99. The van der Waals surface area contributed by atoms with E-state index in [9.17, 15) is 0 Å². The minimum absolute atomic E-state index is 0.373. The molecule has 1 saturated carbocycles. The maximum absolute atomic E-state index is 4.76. The van der Waals surface area contributed by atoms with Gasteiger partial charge in [0, 0.05) is 31.6 Å². The monoisotopic (exact) mass is 262 g/mol. The summed E-state index contributed by atoms with van der Waals surface area (Å²) in [6.45, 7) is 9.50. The summed E-state index contributed by atoms with van der Waals surface area (Å²) >= 11 is 0. The van der Waals surface area contributed by atoms with Crippen LogP contribution >= 0.6 is 0 Å². The van der Waals surface area contributed by atoms with E-state index >= 15 is 0 Å². The molecule has 0 aromatic carbocycles. The van der Waals surface area contributed by atoms with Crippen LogP contribution in [0.2, 0.25) is 0 Å². The number of rotatable bonds is 6. The van der Waals surface area contributed by atoms with Gasteiger partial charge in [-0.05, 0) is 26.7 Å². The highest BCUT2D eigenvalue weighted by Crippen LogP contribution is 2.23. The van der Waals surface area contributed by atoms with Gasteiger partial charge in [0.1, 0.15) is 5.82 Å². The second-order valence-corrected chi connectivity index (χ2v) is 6.07. The van der Waals surface area contributed by atoms with Crippen molar-refractivity contribution in [1.82, 2.24) is 15.3 Å². The van der Waals surface area contributed by atoms with Crippen molar-refractivity contribution in [3.05, 3.63) is 17.7 Å². The van der Waals surface area contributed by atoms with Gasteiger partial charge in [-0.3, -0.25) is 0 Å². The van der Waals surface area contributed by atoms with Crippen molar-refractivity contribution < 1.29 is 0 Å². The fourth-order valence-electron chi connectivity index (χ4n) is 1.94. The fourth-order valence-corrected chi connectivity index (χ4v) is 1.94. The Morgan fingerprint density at radius 3 is 2.53 bits per heavy atom. The zero-order valence-electron chi connectivity index (χ0n) is 12.8. The van der Waals surface area contributed by atoms with Crippen LogP contribution in [0.25, 0.3) is 0 Å². The predicted octanol–water partition coefficient (Wildman–Crippen LogP) is 2.70. The SMILES string of the molecule is CC(C)c1ncc(N(C)C(C)C)c(CNC2CC2)n1. The van der Waals surface area contributed by atoms with Crippen molar-refractivity contribution in [2.24, 2.45) is 0 Å². The van der Waals surface area contributed by atoms with Gasteiger partial charge in [-0.1, -0.05) is 13.8 Å². The highest BCUT2D eigenvalue weighted by atomic mass is 15.2. The van der Waals surface area contributed by atoms with Crippen LogP contribution in [0, 0.1) is 0 Å². The van der Waals surface area contributed by atoms with Gasteiger partial charge in [-0.15, -0.1) is 0 Å². The van der Waals surface area contributed by atoms with Crippen LogP contribution in [-0.2, 0) is 6.54 Å². The molecule has 0 bridgehead atoms. The molecular formula is C15H26N4. The summed E-state index contributed by atoms with van der Waals surface area (Å²) in [6, 6.07) is 1.16. The Morgan fingerprint density at radius 2 is 2.00 bits per heavy atom. The summed E-state index contributed by atoms with van der Waals surface area (Å²) in [7, 11) is 2.11. The van der Waals surface area contributed by atoms with E-state index in [1.165, 1.54) is 12.8 Å². The Bertz CT molecular complexity index is 424. The van der Waals surface area contributed by atoms with E-state index in [-0.39, 0.29) is 0 Å². The molecule has 0 unspecified atom stereocenters. The van der Waals surface area contributed by atoms with E-state index in [0.717, 1.165) is 23.8 Å². The molecule has 0 aliphatic heterocycles. The second kappa shape index (κ2) is 5.87. The lowest BCUT2D eigenvalue weighted by Gasteiger charge is -2.26. The Kier molecular flexibility index (Phi) is 4.40. The molecule has 0 amide bonds. The molecule has 0 spiro atoms. The number of aromatic nitrogens is 2. The Balaban J connectivity index is 2.23. The average Bonchev–Trinajstić information content (AvgIpc) is 3.19. The molecule has 1 aliphatic carbocycles. The molecular weight excluding hydrogens is 236 g/mol. The topological polar surface area (TPSA) is 41.1 Å². The van der Waals surface area contributed by atoms with Gasteiger partial charge in [-0.2, -0.15) is 0 Å². The number of anilines is 1. The van der Waals surface area contributed by atoms with Crippen molar-refractivity contribution in [3.8, 4) is 0 Å². The highest BCUT2D eigenvalue weighted by Gasteiger charge is 2.22. The van der Waals surface area contributed by atoms with Crippen LogP contribution in [0.3, 0.4) is 0 Å². The number of hydrogen-bond donors (Lipinski definition) is 1. The van der Waals surface area contributed by atoms with Crippen LogP contribution in [0.5, 0.6) is 0 Å². The first kappa shape index (κ1) is 14.3. The molecule has 106 valence electrons. The molecule has 1 heterocycles. The standard InChI is InChI=1S/C15H26N4/c1-10(2)15-17-9-14(19(5)11(3)4)13(18-15)8-16-12-6-7-12/h9-12,16H,6-8H2,1-5H3. The molecule has 0 radical (unpaired) electrons. The van der Waals surface area contributed by atoms with E-state index in [1.54, 1.807) is 0 Å². The van der Waals surface area contributed by atoms with E-state index in [4.69, 9.17) is 4.98 Å². The summed E-state index contributed by atoms with van der Waals surface area (Å²) in [5, 5.41) is 3.56. The van der Waals surface area contributed by atoms with Gasteiger partial charge < -0.3 is 10.2 Å². The summed E-state index contributed by atoms with van der Waals surface area (Å²) < 4.78 is 0. The third-order valence-electron chi connectivity index (χ3n) is 3.67. The average molecular weight is 262 g/mol. The predicted molar refractivity (Wildman–Crippen MR) is 79.5 cm³/mol. The van der Waals surface area contributed by atoms with Gasteiger partial charge >= 0.3 is 0 Å². The van der Waals surface area contributed by atoms with Crippen molar-refractivity contribution >= 4 is 5.69 Å². The van der Waals surface area contributed by atoms with Gasteiger partial charge in [0.25, 0.3) is 0 Å².